The maximum absolute atomic E-state index is 14.8. The molecule has 0 unspecified atom stereocenters. The Labute approximate surface area is 201 Å². The molecule has 2 aliphatic rings. The molecule has 0 N–H and O–H groups in total. The summed E-state index contributed by atoms with van der Waals surface area (Å²) in [6.45, 7) is 4.27. The molecular weight excluding hydrogens is 450 g/mol. The van der Waals surface area contributed by atoms with E-state index in [-0.39, 0.29) is 17.6 Å². The van der Waals surface area contributed by atoms with Gasteiger partial charge in [0.15, 0.2) is 5.65 Å². The SMILES string of the molecule is Cc1nc2nc([C@@H]3CCO[C@H](c4cnn(C5CCC5)c4)C3)nc(-c3ccc(F)cc3F)c2nc1C. The molecule has 35 heavy (non-hydrogen) atoms. The number of aromatic nitrogens is 6. The van der Waals surface area contributed by atoms with Gasteiger partial charge in [0.25, 0.3) is 0 Å². The molecule has 0 spiro atoms. The van der Waals surface area contributed by atoms with Gasteiger partial charge in [-0.25, -0.2) is 28.7 Å². The highest BCUT2D eigenvalue weighted by Gasteiger charge is 2.30. The third-order valence-electron chi connectivity index (χ3n) is 7.24. The molecule has 3 aromatic heterocycles. The molecule has 1 aliphatic heterocycles. The molecule has 9 heteroatoms. The van der Waals surface area contributed by atoms with Gasteiger partial charge in [-0.05, 0) is 58.1 Å². The Morgan fingerprint density at radius 2 is 1.83 bits per heavy atom. The van der Waals surface area contributed by atoms with Crippen LogP contribution in [-0.4, -0.2) is 36.3 Å². The summed E-state index contributed by atoms with van der Waals surface area (Å²) in [7, 11) is 0. The summed E-state index contributed by atoms with van der Waals surface area (Å²) in [5.41, 5.74) is 3.86. The fraction of sp³-hybridized carbons (Fsp3) is 0.423. The monoisotopic (exact) mass is 476 g/mol. The Balaban J connectivity index is 1.39. The number of rotatable bonds is 4. The quantitative estimate of drug-likeness (QED) is 0.385. The lowest BCUT2D eigenvalue weighted by Crippen LogP contribution is -2.21. The predicted molar refractivity (Wildman–Crippen MR) is 126 cm³/mol. The minimum Gasteiger partial charge on any atom is -0.373 e. The van der Waals surface area contributed by atoms with Crippen LogP contribution in [0.25, 0.3) is 22.4 Å². The van der Waals surface area contributed by atoms with Crippen molar-refractivity contribution >= 4 is 11.2 Å². The van der Waals surface area contributed by atoms with Crippen molar-refractivity contribution in [2.45, 2.75) is 64.0 Å². The Morgan fingerprint density at radius 1 is 1.00 bits per heavy atom. The van der Waals surface area contributed by atoms with Gasteiger partial charge in [-0.2, -0.15) is 5.10 Å². The van der Waals surface area contributed by atoms with Crippen LogP contribution in [0.15, 0.2) is 30.6 Å². The molecule has 0 amide bonds. The third kappa shape index (κ3) is 4.07. The van der Waals surface area contributed by atoms with Crippen LogP contribution in [0.1, 0.15) is 72.9 Å². The number of benzene rings is 1. The summed E-state index contributed by atoms with van der Waals surface area (Å²) in [4.78, 5) is 18.8. The lowest BCUT2D eigenvalue weighted by molar-refractivity contribution is 0.00391. The first kappa shape index (κ1) is 22.2. The molecule has 1 saturated carbocycles. The van der Waals surface area contributed by atoms with Crippen molar-refractivity contribution in [2.75, 3.05) is 6.61 Å². The van der Waals surface area contributed by atoms with E-state index < -0.39 is 11.6 Å². The first-order valence-electron chi connectivity index (χ1n) is 12.1. The average molecular weight is 477 g/mol. The summed E-state index contributed by atoms with van der Waals surface area (Å²) in [5, 5.41) is 4.56. The fourth-order valence-electron chi connectivity index (χ4n) is 4.81. The number of aryl methyl sites for hydroxylation is 2. The first-order chi connectivity index (χ1) is 17.0. The van der Waals surface area contributed by atoms with Crippen LogP contribution in [0.5, 0.6) is 0 Å². The summed E-state index contributed by atoms with van der Waals surface area (Å²) in [5.74, 6) is -0.758. The lowest BCUT2D eigenvalue weighted by Gasteiger charge is -2.29. The van der Waals surface area contributed by atoms with Gasteiger partial charge in [0.2, 0.25) is 0 Å². The number of fused-ring (bicyclic) bond motifs is 1. The van der Waals surface area contributed by atoms with Crippen molar-refractivity contribution in [1.82, 2.24) is 29.7 Å². The minimum atomic E-state index is -0.691. The van der Waals surface area contributed by atoms with Gasteiger partial charge in [0.05, 0.1) is 29.7 Å². The number of hydrogen-bond donors (Lipinski definition) is 0. The molecule has 6 rings (SSSR count). The third-order valence-corrected chi connectivity index (χ3v) is 7.24. The van der Waals surface area contributed by atoms with Gasteiger partial charge < -0.3 is 4.74 Å². The van der Waals surface area contributed by atoms with E-state index in [2.05, 4.69) is 25.9 Å². The molecular formula is C26H26F2N6O. The van der Waals surface area contributed by atoms with Crippen LogP contribution in [-0.2, 0) is 4.74 Å². The fourth-order valence-corrected chi connectivity index (χ4v) is 4.81. The van der Waals surface area contributed by atoms with Crippen LogP contribution in [0, 0.1) is 25.5 Å². The van der Waals surface area contributed by atoms with E-state index in [1.165, 1.54) is 31.4 Å². The van der Waals surface area contributed by atoms with Gasteiger partial charge in [0.1, 0.15) is 28.7 Å². The van der Waals surface area contributed by atoms with E-state index in [1.807, 2.05) is 20.0 Å². The average Bonchev–Trinajstić information content (AvgIpc) is 3.28. The van der Waals surface area contributed by atoms with Crippen molar-refractivity contribution in [3.63, 3.8) is 0 Å². The number of hydrogen-bond acceptors (Lipinski definition) is 6. The zero-order chi connectivity index (χ0) is 24.1. The Hall–Kier alpha value is -3.33. The highest BCUT2D eigenvalue weighted by Crippen LogP contribution is 2.39. The summed E-state index contributed by atoms with van der Waals surface area (Å²) in [6.07, 6.45) is 8.89. The van der Waals surface area contributed by atoms with Crippen molar-refractivity contribution in [3.05, 3.63) is 65.0 Å². The maximum atomic E-state index is 14.8. The van der Waals surface area contributed by atoms with Gasteiger partial charge in [0, 0.05) is 35.9 Å². The Bertz CT molecular complexity index is 1420. The van der Waals surface area contributed by atoms with Crippen LogP contribution >= 0.6 is 0 Å². The van der Waals surface area contributed by atoms with Crippen molar-refractivity contribution in [3.8, 4) is 11.3 Å². The second kappa shape index (κ2) is 8.71. The van der Waals surface area contributed by atoms with E-state index in [1.54, 1.807) is 0 Å². The molecule has 1 aliphatic carbocycles. The van der Waals surface area contributed by atoms with Crippen molar-refractivity contribution in [1.29, 1.82) is 0 Å². The molecule has 1 aromatic carbocycles. The smallest absolute Gasteiger partial charge is 0.182 e. The van der Waals surface area contributed by atoms with E-state index in [0.29, 0.717) is 47.4 Å². The second-order valence-electron chi connectivity index (χ2n) is 9.54. The summed E-state index contributed by atoms with van der Waals surface area (Å²) >= 11 is 0. The van der Waals surface area contributed by atoms with E-state index in [0.717, 1.165) is 23.7 Å². The summed E-state index contributed by atoms with van der Waals surface area (Å²) < 4.78 is 36.6. The van der Waals surface area contributed by atoms with Gasteiger partial charge in [-0.1, -0.05) is 0 Å². The maximum Gasteiger partial charge on any atom is 0.182 e. The van der Waals surface area contributed by atoms with Crippen LogP contribution in [0.2, 0.25) is 0 Å². The van der Waals surface area contributed by atoms with Gasteiger partial charge in [-0.3, -0.25) is 4.68 Å². The lowest BCUT2D eigenvalue weighted by atomic mass is 9.91. The minimum absolute atomic E-state index is 0.00382. The number of nitrogens with zero attached hydrogens (tertiary/aromatic N) is 6. The van der Waals surface area contributed by atoms with E-state index >= 15 is 0 Å². The largest absolute Gasteiger partial charge is 0.373 e. The van der Waals surface area contributed by atoms with Gasteiger partial charge >= 0.3 is 0 Å². The van der Waals surface area contributed by atoms with Gasteiger partial charge in [-0.15, -0.1) is 0 Å². The molecule has 4 aromatic rings. The van der Waals surface area contributed by atoms with Crippen molar-refractivity contribution in [2.24, 2.45) is 0 Å². The Kier molecular flexibility index (Phi) is 5.51. The zero-order valence-corrected chi connectivity index (χ0v) is 19.7. The molecule has 1 saturated heterocycles. The zero-order valence-electron chi connectivity index (χ0n) is 19.7. The molecule has 7 nitrogen and oxygen atoms in total. The molecule has 0 bridgehead atoms. The van der Waals surface area contributed by atoms with Crippen LogP contribution < -0.4 is 0 Å². The first-order valence-corrected chi connectivity index (χ1v) is 12.1. The molecule has 180 valence electrons. The summed E-state index contributed by atoms with van der Waals surface area (Å²) in [6, 6.07) is 3.98. The topological polar surface area (TPSA) is 78.6 Å². The highest BCUT2D eigenvalue weighted by molar-refractivity contribution is 5.87. The molecule has 2 fully saturated rings. The van der Waals surface area contributed by atoms with E-state index in [9.17, 15) is 8.78 Å². The molecule has 4 heterocycles. The van der Waals surface area contributed by atoms with Crippen LogP contribution in [0.4, 0.5) is 8.78 Å². The number of halogens is 2. The molecule has 2 atom stereocenters. The van der Waals surface area contributed by atoms with E-state index in [4.69, 9.17) is 14.7 Å². The van der Waals surface area contributed by atoms with Crippen molar-refractivity contribution < 1.29 is 13.5 Å². The normalized spacial score (nSPS) is 20.8. The van der Waals surface area contributed by atoms with Crippen LogP contribution in [0.3, 0.4) is 0 Å². The number of ether oxygens (including phenoxy) is 1. The predicted octanol–water partition coefficient (Wildman–Crippen LogP) is 5.54. The second-order valence-corrected chi connectivity index (χ2v) is 9.54. The molecule has 0 radical (unpaired) electrons. The Morgan fingerprint density at radius 3 is 2.60 bits per heavy atom. The highest BCUT2D eigenvalue weighted by atomic mass is 19.1. The standard InChI is InChI=1S/C26H26F2N6O/c1-14-15(2)31-26-24(30-14)23(20-7-6-18(27)11-21(20)28)32-25(33-26)16-8-9-35-22(10-16)17-12-29-34(13-17)19-4-3-5-19/h6-7,11-13,16,19,22H,3-5,8-10H2,1-2H3/t16-,22+/m1/s1.